The monoisotopic (exact) mass is 413 g/mol. The van der Waals surface area contributed by atoms with Crippen LogP contribution in [0.15, 0.2) is 30.5 Å². The van der Waals surface area contributed by atoms with E-state index in [4.69, 9.17) is 11.0 Å². The fraction of sp³-hybridized carbons (Fsp3) is 0.400. The van der Waals surface area contributed by atoms with E-state index in [0.29, 0.717) is 30.5 Å². The third kappa shape index (κ3) is 4.91. The van der Waals surface area contributed by atoms with E-state index in [0.717, 1.165) is 0 Å². The van der Waals surface area contributed by atoms with Gasteiger partial charge in [-0.1, -0.05) is 0 Å². The van der Waals surface area contributed by atoms with Gasteiger partial charge in [-0.05, 0) is 43.5 Å². The molecule has 0 aliphatic heterocycles. The molecule has 0 spiro atoms. The number of hydrogen-bond acceptors (Lipinski definition) is 6. The van der Waals surface area contributed by atoms with Gasteiger partial charge in [-0.15, -0.1) is 0 Å². The maximum absolute atomic E-state index is 12.4. The normalized spacial score (nSPS) is 21.0. The summed E-state index contributed by atoms with van der Waals surface area (Å²) >= 11 is 0. The molecule has 1 aromatic heterocycles. The second kappa shape index (κ2) is 9.33. The Hall–Kier alpha value is -3.50. The Morgan fingerprint density at radius 3 is 2.63 bits per heavy atom. The highest BCUT2D eigenvalue weighted by molar-refractivity contribution is 5.98. The van der Waals surface area contributed by atoms with Gasteiger partial charge >= 0.3 is 0 Å². The molecule has 0 bridgehead atoms. The van der Waals surface area contributed by atoms with Crippen LogP contribution in [0.3, 0.4) is 0 Å². The molecule has 1 aliphatic carbocycles. The van der Waals surface area contributed by atoms with Crippen molar-refractivity contribution < 1.29 is 13.6 Å². The number of nitrogens with two attached hydrogens (primary N) is 1. The lowest BCUT2D eigenvalue weighted by Gasteiger charge is -2.33. The standard InChI is InChI=1S/C20H21F2N7O/c21-18(22)10-26-15-5-6-17(13(7-15)9-24)29-11-16(19(25)30)20(28-29)27-14-3-1-12(8-23)2-4-14/h1-4,11,13,15,17-18,26H,5-7,10H2,(H2,25,30)(H,27,28). The first-order chi connectivity index (χ1) is 14.4. The molecule has 2 aromatic rings. The van der Waals surface area contributed by atoms with Crippen LogP contribution in [0.4, 0.5) is 20.3 Å². The van der Waals surface area contributed by atoms with E-state index in [-0.39, 0.29) is 23.5 Å². The number of hydrogen-bond donors (Lipinski definition) is 3. The van der Waals surface area contributed by atoms with Gasteiger partial charge in [0.15, 0.2) is 5.82 Å². The molecule has 3 atom stereocenters. The van der Waals surface area contributed by atoms with Gasteiger partial charge < -0.3 is 16.4 Å². The Balaban J connectivity index is 1.79. The molecule has 0 radical (unpaired) electrons. The van der Waals surface area contributed by atoms with Gasteiger partial charge in [0, 0.05) is 17.9 Å². The molecule has 4 N–H and O–H groups in total. The summed E-state index contributed by atoms with van der Waals surface area (Å²) < 4.78 is 26.5. The molecule has 0 saturated heterocycles. The van der Waals surface area contributed by atoms with Gasteiger partial charge in [-0.2, -0.15) is 15.6 Å². The van der Waals surface area contributed by atoms with Gasteiger partial charge in [-0.25, -0.2) is 8.78 Å². The van der Waals surface area contributed by atoms with E-state index < -0.39 is 24.8 Å². The lowest BCUT2D eigenvalue weighted by Crippen LogP contribution is -2.40. The predicted molar refractivity (Wildman–Crippen MR) is 105 cm³/mol. The number of nitrogens with one attached hydrogen (secondary N) is 2. The molecular weight excluding hydrogens is 392 g/mol. The molecule has 10 heteroatoms. The topological polar surface area (TPSA) is 133 Å². The van der Waals surface area contributed by atoms with Crippen molar-refractivity contribution in [3.63, 3.8) is 0 Å². The van der Waals surface area contributed by atoms with E-state index in [9.17, 15) is 18.8 Å². The minimum atomic E-state index is -2.44. The molecule has 30 heavy (non-hydrogen) atoms. The van der Waals surface area contributed by atoms with Crippen LogP contribution in [-0.2, 0) is 0 Å². The summed E-state index contributed by atoms with van der Waals surface area (Å²) in [5.41, 5.74) is 6.79. The van der Waals surface area contributed by atoms with Crippen LogP contribution >= 0.6 is 0 Å². The SMILES string of the molecule is N#Cc1ccc(Nc2nn(C3CCC(NCC(F)F)CC3C#N)cc2C(N)=O)cc1. The third-order valence-electron chi connectivity index (χ3n) is 5.15. The molecule has 1 fully saturated rings. The maximum Gasteiger partial charge on any atom is 0.254 e. The Bertz CT molecular complexity index is 975. The van der Waals surface area contributed by atoms with Crippen LogP contribution in [0.5, 0.6) is 0 Å². The number of alkyl halides is 2. The van der Waals surface area contributed by atoms with E-state index in [1.54, 1.807) is 28.9 Å². The molecule has 1 saturated carbocycles. The van der Waals surface area contributed by atoms with Crippen molar-refractivity contribution in [2.75, 3.05) is 11.9 Å². The number of nitriles is 2. The number of anilines is 2. The van der Waals surface area contributed by atoms with Crippen molar-refractivity contribution in [1.82, 2.24) is 15.1 Å². The van der Waals surface area contributed by atoms with Crippen LogP contribution in [0.25, 0.3) is 0 Å². The minimum absolute atomic E-state index is 0.165. The highest BCUT2D eigenvalue weighted by atomic mass is 19.3. The summed E-state index contributed by atoms with van der Waals surface area (Å²) in [4.78, 5) is 11.9. The average molecular weight is 413 g/mol. The van der Waals surface area contributed by atoms with Gasteiger partial charge in [0.1, 0.15) is 5.56 Å². The molecule has 156 valence electrons. The zero-order valence-corrected chi connectivity index (χ0v) is 16.1. The van der Waals surface area contributed by atoms with Crippen LogP contribution in [0, 0.1) is 28.6 Å². The Morgan fingerprint density at radius 2 is 2.03 bits per heavy atom. The second-order valence-electron chi connectivity index (χ2n) is 7.16. The summed E-state index contributed by atoms with van der Waals surface area (Å²) in [6.45, 7) is -0.403. The smallest absolute Gasteiger partial charge is 0.254 e. The van der Waals surface area contributed by atoms with E-state index >= 15 is 0 Å². The first kappa shape index (κ1) is 21.2. The van der Waals surface area contributed by atoms with Crippen molar-refractivity contribution >= 4 is 17.4 Å². The van der Waals surface area contributed by atoms with Crippen molar-refractivity contribution in [1.29, 1.82) is 10.5 Å². The molecule has 3 unspecified atom stereocenters. The van der Waals surface area contributed by atoms with Crippen LogP contribution < -0.4 is 16.4 Å². The Labute approximate surface area is 172 Å². The predicted octanol–water partition coefficient (Wildman–Crippen LogP) is 2.69. The summed E-state index contributed by atoms with van der Waals surface area (Å²) in [5.74, 6) is -0.864. The van der Waals surface area contributed by atoms with Crippen molar-refractivity contribution in [2.24, 2.45) is 11.7 Å². The molecule has 1 amide bonds. The first-order valence-electron chi connectivity index (χ1n) is 9.48. The lowest BCUT2D eigenvalue weighted by molar-refractivity contribution is 0.100. The zero-order valence-electron chi connectivity index (χ0n) is 16.1. The van der Waals surface area contributed by atoms with E-state index in [1.807, 2.05) is 6.07 Å². The van der Waals surface area contributed by atoms with Crippen LogP contribution in [0.1, 0.15) is 41.2 Å². The van der Waals surface area contributed by atoms with Crippen molar-refractivity contribution in [2.45, 2.75) is 37.8 Å². The number of halogens is 2. The number of amides is 1. The van der Waals surface area contributed by atoms with Gasteiger partial charge in [0.2, 0.25) is 0 Å². The lowest BCUT2D eigenvalue weighted by atomic mass is 9.82. The van der Waals surface area contributed by atoms with Gasteiger partial charge in [0.25, 0.3) is 12.3 Å². The third-order valence-corrected chi connectivity index (χ3v) is 5.15. The number of benzene rings is 1. The summed E-state index contributed by atoms with van der Waals surface area (Å²) in [6, 6.07) is 10.4. The first-order valence-corrected chi connectivity index (χ1v) is 9.48. The fourth-order valence-corrected chi connectivity index (χ4v) is 3.65. The molecule has 3 rings (SSSR count). The Kier molecular flexibility index (Phi) is 6.60. The fourth-order valence-electron chi connectivity index (χ4n) is 3.65. The van der Waals surface area contributed by atoms with Crippen LogP contribution in [0.2, 0.25) is 0 Å². The number of nitrogens with zero attached hydrogens (tertiary/aromatic N) is 4. The quantitative estimate of drug-likeness (QED) is 0.639. The number of carbonyl (C=O) groups is 1. The molecule has 1 aliphatic rings. The second-order valence-corrected chi connectivity index (χ2v) is 7.16. The number of aromatic nitrogens is 2. The summed E-state index contributed by atoms with van der Waals surface area (Å²) in [5, 5.41) is 28.7. The van der Waals surface area contributed by atoms with Gasteiger partial charge in [-0.3, -0.25) is 9.48 Å². The average Bonchev–Trinajstić information content (AvgIpc) is 3.16. The molecule has 1 heterocycles. The minimum Gasteiger partial charge on any atom is -0.365 e. The highest BCUT2D eigenvalue weighted by Gasteiger charge is 2.33. The zero-order chi connectivity index (χ0) is 21.7. The van der Waals surface area contributed by atoms with Crippen LogP contribution in [-0.4, -0.2) is 34.7 Å². The van der Waals surface area contributed by atoms with Crippen molar-refractivity contribution in [3.05, 3.63) is 41.6 Å². The van der Waals surface area contributed by atoms with Crippen molar-refractivity contribution in [3.8, 4) is 12.1 Å². The molecule has 1 aromatic carbocycles. The largest absolute Gasteiger partial charge is 0.365 e. The maximum atomic E-state index is 12.4. The van der Waals surface area contributed by atoms with E-state index in [1.165, 1.54) is 6.20 Å². The summed E-state index contributed by atoms with van der Waals surface area (Å²) in [6.07, 6.45) is 0.645. The molecular formula is C20H21F2N7O. The number of primary amides is 1. The summed E-state index contributed by atoms with van der Waals surface area (Å²) in [7, 11) is 0. The molecule has 8 nitrogen and oxygen atoms in total. The number of rotatable bonds is 7. The number of carbonyl (C=O) groups excluding carboxylic acids is 1. The van der Waals surface area contributed by atoms with Gasteiger partial charge in [0.05, 0.1) is 36.2 Å². The Morgan fingerprint density at radius 1 is 1.30 bits per heavy atom. The highest BCUT2D eigenvalue weighted by Crippen LogP contribution is 2.35. The van der Waals surface area contributed by atoms with E-state index in [2.05, 4.69) is 21.8 Å².